The highest BCUT2D eigenvalue weighted by Gasteiger charge is 2.20. The minimum absolute atomic E-state index is 0.00232. The standard InChI is InChI=1S/C23H25N3O4S/c1-26(2)31(28,29)18-13-14-22(30-3)21(15-18)25-23(27)16-24-20-12-8-7-11-19(20)17-9-5-4-6-10-17/h4-15,24H,16H2,1-3H3,(H,25,27). The summed E-state index contributed by atoms with van der Waals surface area (Å²) in [5.41, 5.74) is 3.12. The normalized spacial score (nSPS) is 11.2. The van der Waals surface area contributed by atoms with Gasteiger partial charge in [-0.1, -0.05) is 48.5 Å². The molecule has 0 unspecified atom stereocenters. The maximum atomic E-state index is 12.6. The van der Waals surface area contributed by atoms with Gasteiger partial charge in [-0.3, -0.25) is 4.79 Å². The van der Waals surface area contributed by atoms with Crippen molar-refractivity contribution in [1.82, 2.24) is 4.31 Å². The SMILES string of the molecule is COc1ccc(S(=O)(=O)N(C)C)cc1NC(=O)CNc1ccccc1-c1ccccc1. The Morgan fingerprint density at radius 1 is 0.935 bits per heavy atom. The molecular weight excluding hydrogens is 414 g/mol. The Balaban J connectivity index is 1.77. The molecule has 3 aromatic rings. The van der Waals surface area contributed by atoms with Gasteiger partial charge in [0.25, 0.3) is 0 Å². The molecular formula is C23H25N3O4S. The average molecular weight is 440 g/mol. The predicted molar refractivity (Wildman–Crippen MR) is 123 cm³/mol. The van der Waals surface area contributed by atoms with E-state index in [1.165, 1.54) is 39.4 Å². The number of para-hydroxylation sites is 1. The molecule has 0 fully saturated rings. The zero-order valence-electron chi connectivity index (χ0n) is 17.6. The molecule has 0 aliphatic rings. The molecule has 0 saturated carbocycles. The van der Waals surface area contributed by atoms with E-state index >= 15 is 0 Å². The smallest absolute Gasteiger partial charge is 0.243 e. The van der Waals surface area contributed by atoms with Gasteiger partial charge in [0.05, 0.1) is 24.2 Å². The second-order valence-corrected chi connectivity index (χ2v) is 9.11. The van der Waals surface area contributed by atoms with Crippen molar-refractivity contribution in [3.05, 3.63) is 72.8 Å². The molecule has 3 rings (SSSR count). The Kier molecular flexibility index (Phi) is 6.94. The summed E-state index contributed by atoms with van der Waals surface area (Å²) in [5, 5.41) is 5.89. The maximum Gasteiger partial charge on any atom is 0.243 e. The first-order valence-electron chi connectivity index (χ1n) is 9.61. The number of amides is 1. The van der Waals surface area contributed by atoms with Gasteiger partial charge in [-0.2, -0.15) is 0 Å². The fraction of sp³-hybridized carbons (Fsp3) is 0.174. The van der Waals surface area contributed by atoms with Crippen LogP contribution in [0.3, 0.4) is 0 Å². The minimum atomic E-state index is -3.64. The molecule has 0 bridgehead atoms. The van der Waals surface area contributed by atoms with E-state index in [0.717, 1.165) is 21.1 Å². The second-order valence-electron chi connectivity index (χ2n) is 6.96. The highest BCUT2D eigenvalue weighted by molar-refractivity contribution is 7.89. The predicted octanol–water partition coefficient (Wildman–Crippen LogP) is 3.66. The molecule has 2 N–H and O–H groups in total. The Morgan fingerprint density at radius 2 is 1.61 bits per heavy atom. The first-order chi connectivity index (χ1) is 14.8. The number of sulfonamides is 1. The Labute approximate surface area is 182 Å². The highest BCUT2D eigenvalue weighted by Crippen LogP contribution is 2.29. The van der Waals surface area contributed by atoms with E-state index in [4.69, 9.17) is 4.74 Å². The Morgan fingerprint density at radius 3 is 2.29 bits per heavy atom. The van der Waals surface area contributed by atoms with Gasteiger partial charge in [0.1, 0.15) is 5.75 Å². The fourth-order valence-electron chi connectivity index (χ4n) is 3.03. The molecule has 0 aromatic heterocycles. The van der Waals surface area contributed by atoms with Gasteiger partial charge < -0.3 is 15.4 Å². The van der Waals surface area contributed by atoms with E-state index in [9.17, 15) is 13.2 Å². The van der Waals surface area contributed by atoms with Crippen LogP contribution in [0.4, 0.5) is 11.4 Å². The van der Waals surface area contributed by atoms with Crippen LogP contribution in [0.1, 0.15) is 0 Å². The molecule has 0 saturated heterocycles. The summed E-state index contributed by atoms with van der Waals surface area (Å²) in [6.45, 7) is -0.00232. The van der Waals surface area contributed by atoms with Gasteiger partial charge in [0, 0.05) is 25.3 Å². The van der Waals surface area contributed by atoms with Crippen LogP contribution in [0.25, 0.3) is 11.1 Å². The van der Waals surface area contributed by atoms with Gasteiger partial charge in [0.15, 0.2) is 0 Å². The molecule has 0 aliphatic heterocycles. The number of rotatable bonds is 8. The Bertz CT molecular complexity index is 1160. The topological polar surface area (TPSA) is 87.7 Å². The monoisotopic (exact) mass is 439 g/mol. The zero-order chi connectivity index (χ0) is 22.4. The van der Waals surface area contributed by atoms with E-state index in [-0.39, 0.29) is 23.0 Å². The number of nitrogens with one attached hydrogen (secondary N) is 2. The van der Waals surface area contributed by atoms with Gasteiger partial charge in [-0.25, -0.2) is 12.7 Å². The number of ether oxygens (including phenoxy) is 1. The number of carbonyl (C=O) groups excluding carboxylic acids is 1. The van der Waals surface area contributed by atoms with E-state index in [1.807, 2.05) is 54.6 Å². The third-order valence-corrected chi connectivity index (χ3v) is 6.49. The van der Waals surface area contributed by atoms with Crippen molar-refractivity contribution in [2.24, 2.45) is 0 Å². The molecule has 0 aliphatic carbocycles. The summed E-state index contributed by atoms with van der Waals surface area (Å²) in [5.74, 6) is 0.0382. The van der Waals surface area contributed by atoms with Crippen LogP contribution in [0, 0.1) is 0 Å². The summed E-state index contributed by atoms with van der Waals surface area (Å²) < 4.78 is 31.2. The van der Waals surface area contributed by atoms with Crippen molar-refractivity contribution >= 4 is 27.3 Å². The third-order valence-electron chi connectivity index (χ3n) is 4.67. The fourth-order valence-corrected chi connectivity index (χ4v) is 3.96. The number of hydrogen-bond donors (Lipinski definition) is 2. The molecule has 0 radical (unpaired) electrons. The number of hydrogen-bond acceptors (Lipinski definition) is 5. The van der Waals surface area contributed by atoms with Crippen LogP contribution in [0.5, 0.6) is 5.75 Å². The van der Waals surface area contributed by atoms with Gasteiger partial charge in [-0.05, 0) is 29.8 Å². The summed E-state index contributed by atoms with van der Waals surface area (Å²) in [7, 11) is 0.718. The maximum absolute atomic E-state index is 12.6. The van der Waals surface area contributed by atoms with Crippen LogP contribution in [-0.2, 0) is 14.8 Å². The molecule has 162 valence electrons. The molecule has 3 aromatic carbocycles. The molecule has 8 heteroatoms. The molecule has 0 heterocycles. The van der Waals surface area contributed by atoms with Crippen molar-refractivity contribution in [1.29, 1.82) is 0 Å². The van der Waals surface area contributed by atoms with Crippen LogP contribution in [-0.4, -0.2) is 46.4 Å². The van der Waals surface area contributed by atoms with Gasteiger partial charge in [0.2, 0.25) is 15.9 Å². The lowest BCUT2D eigenvalue weighted by molar-refractivity contribution is -0.114. The number of methoxy groups -OCH3 is 1. The lowest BCUT2D eigenvalue weighted by atomic mass is 10.0. The first kappa shape index (κ1) is 22.3. The average Bonchev–Trinajstić information content (AvgIpc) is 2.78. The van der Waals surface area contributed by atoms with Crippen LogP contribution in [0.15, 0.2) is 77.7 Å². The molecule has 0 atom stereocenters. The number of anilines is 2. The number of benzene rings is 3. The highest BCUT2D eigenvalue weighted by atomic mass is 32.2. The van der Waals surface area contributed by atoms with E-state index < -0.39 is 10.0 Å². The minimum Gasteiger partial charge on any atom is -0.495 e. The van der Waals surface area contributed by atoms with Crippen LogP contribution < -0.4 is 15.4 Å². The largest absolute Gasteiger partial charge is 0.495 e. The number of nitrogens with zero attached hydrogens (tertiary/aromatic N) is 1. The third kappa shape index (κ3) is 5.22. The van der Waals surface area contributed by atoms with Gasteiger partial charge >= 0.3 is 0 Å². The van der Waals surface area contributed by atoms with Crippen LogP contribution >= 0.6 is 0 Å². The van der Waals surface area contributed by atoms with Crippen molar-refractivity contribution < 1.29 is 17.9 Å². The van der Waals surface area contributed by atoms with Crippen LogP contribution in [0.2, 0.25) is 0 Å². The lowest BCUT2D eigenvalue weighted by Gasteiger charge is -2.16. The summed E-state index contributed by atoms with van der Waals surface area (Å²) in [4.78, 5) is 12.7. The first-order valence-corrected chi connectivity index (χ1v) is 11.1. The summed E-state index contributed by atoms with van der Waals surface area (Å²) in [6, 6.07) is 21.9. The number of carbonyl (C=O) groups is 1. The summed E-state index contributed by atoms with van der Waals surface area (Å²) >= 11 is 0. The Hall–Kier alpha value is -3.36. The second kappa shape index (κ2) is 9.63. The van der Waals surface area contributed by atoms with E-state index in [2.05, 4.69) is 10.6 Å². The van der Waals surface area contributed by atoms with E-state index in [1.54, 1.807) is 0 Å². The quantitative estimate of drug-likeness (QED) is 0.559. The van der Waals surface area contributed by atoms with Gasteiger partial charge in [-0.15, -0.1) is 0 Å². The summed E-state index contributed by atoms with van der Waals surface area (Å²) in [6.07, 6.45) is 0. The molecule has 7 nitrogen and oxygen atoms in total. The van der Waals surface area contributed by atoms with Crippen molar-refractivity contribution in [2.75, 3.05) is 38.4 Å². The zero-order valence-corrected chi connectivity index (χ0v) is 18.4. The molecule has 0 spiro atoms. The molecule has 1 amide bonds. The lowest BCUT2D eigenvalue weighted by Crippen LogP contribution is -2.24. The van der Waals surface area contributed by atoms with Crippen molar-refractivity contribution in [3.63, 3.8) is 0 Å². The molecule has 31 heavy (non-hydrogen) atoms. The van der Waals surface area contributed by atoms with E-state index in [0.29, 0.717) is 5.75 Å². The van der Waals surface area contributed by atoms with Crippen molar-refractivity contribution in [2.45, 2.75) is 4.90 Å². The van der Waals surface area contributed by atoms with Crippen molar-refractivity contribution in [3.8, 4) is 16.9 Å².